The van der Waals surface area contributed by atoms with Gasteiger partial charge in [-0.05, 0) is 45.2 Å². The third kappa shape index (κ3) is 4.55. The smallest absolute Gasteiger partial charge is 0.240 e. The highest BCUT2D eigenvalue weighted by atomic mass is 32.2. The lowest BCUT2D eigenvalue weighted by Crippen LogP contribution is -2.34. The first-order valence-corrected chi connectivity index (χ1v) is 9.26. The van der Waals surface area contributed by atoms with Crippen molar-refractivity contribution in [2.45, 2.75) is 44.4 Å². The average molecular weight is 324 g/mol. The molecule has 1 aromatic carbocycles. The SMILES string of the molecule is CCO/N=C1/CCCCC1CNS(=O)(=O)c1ccc(C)cc1. The molecule has 0 bridgehead atoms. The van der Waals surface area contributed by atoms with Crippen molar-refractivity contribution in [2.75, 3.05) is 13.2 Å². The molecule has 2 rings (SSSR count). The van der Waals surface area contributed by atoms with E-state index in [1.807, 2.05) is 13.8 Å². The van der Waals surface area contributed by atoms with Crippen LogP contribution in [-0.4, -0.2) is 27.3 Å². The quantitative estimate of drug-likeness (QED) is 0.818. The summed E-state index contributed by atoms with van der Waals surface area (Å²) in [6.45, 7) is 4.73. The number of rotatable bonds is 6. The summed E-state index contributed by atoms with van der Waals surface area (Å²) in [5.74, 6) is 0.125. The molecule has 0 radical (unpaired) electrons. The van der Waals surface area contributed by atoms with Gasteiger partial charge >= 0.3 is 0 Å². The summed E-state index contributed by atoms with van der Waals surface area (Å²) in [5.41, 5.74) is 2.01. The normalized spacial score (nSPS) is 21.0. The molecule has 0 aromatic heterocycles. The van der Waals surface area contributed by atoms with Crippen LogP contribution in [0.4, 0.5) is 0 Å². The van der Waals surface area contributed by atoms with Crippen LogP contribution in [0.1, 0.15) is 38.2 Å². The Hall–Kier alpha value is -1.40. The second kappa shape index (κ2) is 7.74. The maximum atomic E-state index is 12.3. The molecule has 0 aliphatic heterocycles. The summed E-state index contributed by atoms with van der Waals surface area (Å²) < 4.78 is 27.4. The van der Waals surface area contributed by atoms with E-state index in [0.29, 0.717) is 18.0 Å². The van der Waals surface area contributed by atoms with Crippen molar-refractivity contribution in [3.8, 4) is 0 Å². The molecule has 1 aromatic rings. The van der Waals surface area contributed by atoms with Crippen molar-refractivity contribution in [2.24, 2.45) is 11.1 Å². The molecule has 0 saturated heterocycles. The summed E-state index contributed by atoms with van der Waals surface area (Å²) in [5, 5.41) is 4.15. The van der Waals surface area contributed by atoms with Crippen LogP contribution in [0.25, 0.3) is 0 Å². The van der Waals surface area contributed by atoms with Crippen molar-refractivity contribution in [3.63, 3.8) is 0 Å². The van der Waals surface area contributed by atoms with E-state index in [2.05, 4.69) is 9.88 Å². The van der Waals surface area contributed by atoms with Crippen LogP contribution in [0.5, 0.6) is 0 Å². The first kappa shape index (κ1) is 17.0. The molecule has 5 nitrogen and oxygen atoms in total. The van der Waals surface area contributed by atoms with Crippen LogP contribution in [-0.2, 0) is 14.9 Å². The largest absolute Gasteiger partial charge is 0.396 e. The topological polar surface area (TPSA) is 67.8 Å². The first-order valence-electron chi connectivity index (χ1n) is 7.78. The fourth-order valence-corrected chi connectivity index (χ4v) is 3.65. The van der Waals surface area contributed by atoms with Crippen molar-refractivity contribution in [1.82, 2.24) is 4.72 Å². The molecular formula is C16H24N2O3S. The number of aryl methyl sites for hydroxylation is 1. The Labute approximate surface area is 132 Å². The number of nitrogens with zero attached hydrogens (tertiary/aromatic N) is 1. The van der Waals surface area contributed by atoms with Crippen molar-refractivity contribution in [1.29, 1.82) is 0 Å². The van der Waals surface area contributed by atoms with E-state index in [1.165, 1.54) is 0 Å². The van der Waals surface area contributed by atoms with E-state index in [1.54, 1.807) is 24.3 Å². The van der Waals surface area contributed by atoms with Crippen molar-refractivity contribution < 1.29 is 13.3 Å². The molecule has 1 fully saturated rings. The van der Waals surface area contributed by atoms with Gasteiger partial charge in [-0.2, -0.15) is 0 Å². The number of hydrogen-bond acceptors (Lipinski definition) is 4. The minimum Gasteiger partial charge on any atom is -0.396 e. The van der Waals surface area contributed by atoms with E-state index in [9.17, 15) is 8.42 Å². The van der Waals surface area contributed by atoms with Gasteiger partial charge in [0, 0.05) is 12.5 Å². The highest BCUT2D eigenvalue weighted by molar-refractivity contribution is 7.89. The van der Waals surface area contributed by atoms with Crippen LogP contribution in [0.15, 0.2) is 34.3 Å². The fourth-order valence-electron chi connectivity index (χ4n) is 2.57. The molecule has 1 aliphatic rings. The van der Waals surface area contributed by atoms with E-state index < -0.39 is 10.0 Å². The number of benzene rings is 1. The lowest BCUT2D eigenvalue weighted by Gasteiger charge is -2.23. The molecule has 122 valence electrons. The van der Waals surface area contributed by atoms with Crippen LogP contribution >= 0.6 is 0 Å². The number of oxime groups is 1. The number of nitrogens with one attached hydrogen (secondary N) is 1. The van der Waals surface area contributed by atoms with E-state index in [4.69, 9.17) is 4.84 Å². The fraction of sp³-hybridized carbons (Fsp3) is 0.562. The third-order valence-electron chi connectivity index (χ3n) is 3.87. The van der Waals surface area contributed by atoms with E-state index >= 15 is 0 Å². The Morgan fingerprint density at radius 1 is 1.27 bits per heavy atom. The molecule has 6 heteroatoms. The molecule has 1 N–H and O–H groups in total. The second-order valence-corrected chi connectivity index (χ2v) is 7.38. The molecule has 1 saturated carbocycles. The average Bonchev–Trinajstić information content (AvgIpc) is 2.52. The zero-order valence-electron chi connectivity index (χ0n) is 13.2. The van der Waals surface area contributed by atoms with Crippen molar-refractivity contribution in [3.05, 3.63) is 29.8 Å². The first-order chi connectivity index (χ1) is 10.5. The molecule has 1 atom stereocenters. The number of hydrogen-bond donors (Lipinski definition) is 1. The molecular weight excluding hydrogens is 300 g/mol. The number of sulfonamides is 1. The van der Waals surface area contributed by atoms with Gasteiger partial charge in [-0.15, -0.1) is 0 Å². The van der Waals surface area contributed by atoms with Gasteiger partial charge in [0.25, 0.3) is 0 Å². The summed E-state index contributed by atoms with van der Waals surface area (Å²) in [6.07, 6.45) is 4.02. The zero-order valence-corrected chi connectivity index (χ0v) is 14.0. The molecule has 1 aliphatic carbocycles. The van der Waals surface area contributed by atoms with Gasteiger partial charge in [-0.25, -0.2) is 13.1 Å². The summed E-state index contributed by atoms with van der Waals surface area (Å²) in [6, 6.07) is 6.87. The lowest BCUT2D eigenvalue weighted by molar-refractivity contribution is 0.155. The monoisotopic (exact) mass is 324 g/mol. The Morgan fingerprint density at radius 2 is 2.00 bits per heavy atom. The highest BCUT2D eigenvalue weighted by Crippen LogP contribution is 2.22. The van der Waals surface area contributed by atoms with Gasteiger partial charge in [-0.3, -0.25) is 0 Å². The highest BCUT2D eigenvalue weighted by Gasteiger charge is 2.23. The maximum Gasteiger partial charge on any atom is 0.240 e. The van der Waals surface area contributed by atoms with Gasteiger partial charge < -0.3 is 4.84 Å². The van der Waals surface area contributed by atoms with Gasteiger partial charge in [0.05, 0.1) is 10.6 Å². The summed E-state index contributed by atoms with van der Waals surface area (Å²) >= 11 is 0. The summed E-state index contributed by atoms with van der Waals surface area (Å²) in [4.78, 5) is 5.45. The minimum atomic E-state index is -3.47. The summed E-state index contributed by atoms with van der Waals surface area (Å²) in [7, 11) is -3.47. The van der Waals surface area contributed by atoms with E-state index in [0.717, 1.165) is 37.0 Å². The Bertz CT molecular complexity index is 609. The third-order valence-corrected chi connectivity index (χ3v) is 5.31. The lowest BCUT2D eigenvalue weighted by atomic mass is 9.87. The molecule has 0 heterocycles. The van der Waals surface area contributed by atoms with Crippen molar-refractivity contribution >= 4 is 15.7 Å². The standard InChI is InChI=1S/C16H24N2O3S/c1-3-21-18-16-7-5-4-6-14(16)12-17-22(19,20)15-10-8-13(2)9-11-15/h8-11,14,17H,3-7,12H2,1-2H3/b18-16-. The predicted octanol–water partition coefficient (Wildman–Crippen LogP) is 2.86. The Balaban J connectivity index is 2.02. The predicted molar refractivity (Wildman–Crippen MR) is 87.4 cm³/mol. The molecule has 1 unspecified atom stereocenters. The van der Waals surface area contributed by atoms with Gasteiger partial charge in [0.1, 0.15) is 6.61 Å². The second-order valence-electron chi connectivity index (χ2n) is 5.61. The maximum absolute atomic E-state index is 12.3. The van der Waals surface area contributed by atoms with Crippen LogP contribution < -0.4 is 4.72 Å². The van der Waals surface area contributed by atoms with Gasteiger partial charge in [0.2, 0.25) is 10.0 Å². The molecule has 22 heavy (non-hydrogen) atoms. The minimum absolute atomic E-state index is 0.125. The van der Waals surface area contributed by atoms with E-state index in [-0.39, 0.29) is 5.92 Å². The van der Waals surface area contributed by atoms with Crippen LogP contribution in [0.3, 0.4) is 0 Å². The Kier molecular flexibility index (Phi) is 5.97. The van der Waals surface area contributed by atoms with Crippen LogP contribution in [0, 0.1) is 12.8 Å². The van der Waals surface area contributed by atoms with Crippen LogP contribution in [0.2, 0.25) is 0 Å². The molecule has 0 spiro atoms. The zero-order chi connectivity index (χ0) is 16.0. The molecule has 0 amide bonds. The Morgan fingerprint density at radius 3 is 2.68 bits per heavy atom. The van der Waals surface area contributed by atoms with Gasteiger partial charge in [-0.1, -0.05) is 29.3 Å². The van der Waals surface area contributed by atoms with Gasteiger partial charge in [0.15, 0.2) is 0 Å².